The van der Waals surface area contributed by atoms with E-state index >= 15 is 0 Å². The Bertz CT molecular complexity index is 402. The first-order valence-corrected chi connectivity index (χ1v) is 4.99. The predicted octanol–water partition coefficient (Wildman–Crippen LogP) is 1.17. The third-order valence-electron chi connectivity index (χ3n) is 2.56. The average Bonchev–Trinajstić information content (AvgIpc) is 2.62. The maximum absolute atomic E-state index is 12.9. The van der Waals surface area contributed by atoms with Crippen molar-refractivity contribution in [2.75, 3.05) is 13.1 Å². The van der Waals surface area contributed by atoms with Crippen LogP contribution in [0.1, 0.15) is 16.8 Å². The molecular formula is C11H11F2NO2. The Morgan fingerprint density at radius 3 is 2.44 bits per heavy atom. The van der Waals surface area contributed by atoms with E-state index in [1.807, 2.05) is 0 Å². The van der Waals surface area contributed by atoms with Crippen molar-refractivity contribution in [3.8, 4) is 0 Å². The summed E-state index contributed by atoms with van der Waals surface area (Å²) in [6.45, 7) is 0.634. The average molecular weight is 227 g/mol. The molecule has 1 fully saturated rings. The number of β-amino-alcohol motifs (C(OH)–C–C–N with tert-alkyl or cyclic N) is 1. The van der Waals surface area contributed by atoms with Crippen LogP contribution in [-0.4, -0.2) is 35.1 Å². The van der Waals surface area contributed by atoms with E-state index in [0.717, 1.165) is 18.2 Å². The lowest BCUT2D eigenvalue weighted by Crippen LogP contribution is -2.29. The first-order chi connectivity index (χ1) is 7.56. The highest BCUT2D eigenvalue weighted by atomic mass is 19.1. The molecule has 0 bridgehead atoms. The second kappa shape index (κ2) is 4.17. The lowest BCUT2D eigenvalue weighted by atomic mass is 10.2. The summed E-state index contributed by atoms with van der Waals surface area (Å²) in [5, 5.41) is 9.26. The molecule has 1 atom stereocenters. The molecule has 0 aliphatic carbocycles. The Morgan fingerprint density at radius 1 is 1.31 bits per heavy atom. The lowest BCUT2D eigenvalue weighted by molar-refractivity contribution is 0.0764. The van der Waals surface area contributed by atoms with Gasteiger partial charge in [-0.15, -0.1) is 0 Å². The van der Waals surface area contributed by atoms with Crippen molar-refractivity contribution in [1.82, 2.24) is 4.90 Å². The third-order valence-corrected chi connectivity index (χ3v) is 2.56. The maximum Gasteiger partial charge on any atom is 0.254 e. The molecule has 1 heterocycles. The van der Waals surface area contributed by atoms with Crippen molar-refractivity contribution in [2.24, 2.45) is 0 Å². The van der Waals surface area contributed by atoms with Gasteiger partial charge in [0.2, 0.25) is 0 Å². The Hall–Kier alpha value is -1.49. The van der Waals surface area contributed by atoms with Crippen LogP contribution in [0.15, 0.2) is 18.2 Å². The zero-order chi connectivity index (χ0) is 11.7. The number of carbonyl (C=O) groups excluding carboxylic acids is 1. The van der Waals surface area contributed by atoms with Gasteiger partial charge < -0.3 is 10.0 Å². The number of likely N-dealkylation sites (tertiary alicyclic amines) is 1. The third kappa shape index (κ3) is 2.19. The molecule has 1 amide bonds. The number of aliphatic hydroxyl groups excluding tert-OH is 1. The van der Waals surface area contributed by atoms with E-state index in [1.165, 1.54) is 4.90 Å². The number of nitrogens with zero attached hydrogens (tertiary/aromatic N) is 1. The molecule has 5 heteroatoms. The Kier molecular flexibility index (Phi) is 2.87. The fourth-order valence-electron chi connectivity index (χ4n) is 1.79. The number of hydrogen-bond donors (Lipinski definition) is 1. The normalized spacial score (nSPS) is 20.2. The number of halogens is 2. The van der Waals surface area contributed by atoms with E-state index in [0.29, 0.717) is 13.0 Å². The van der Waals surface area contributed by atoms with Crippen LogP contribution in [0.5, 0.6) is 0 Å². The molecular weight excluding hydrogens is 216 g/mol. The van der Waals surface area contributed by atoms with Gasteiger partial charge in [-0.2, -0.15) is 0 Å². The van der Waals surface area contributed by atoms with Crippen molar-refractivity contribution in [3.05, 3.63) is 35.4 Å². The van der Waals surface area contributed by atoms with Crippen molar-refractivity contribution >= 4 is 5.91 Å². The summed E-state index contributed by atoms with van der Waals surface area (Å²) in [6.07, 6.45) is -0.0360. The van der Waals surface area contributed by atoms with Gasteiger partial charge in [0.25, 0.3) is 5.91 Å². The predicted molar refractivity (Wildman–Crippen MR) is 52.9 cm³/mol. The molecule has 1 aliphatic heterocycles. The molecule has 16 heavy (non-hydrogen) atoms. The summed E-state index contributed by atoms with van der Waals surface area (Å²) in [5.74, 6) is -2.00. The van der Waals surface area contributed by atoms with Crippen molar-refractivity contribution in [3.63, 3.8) is 0 Å². The Morgan fingerprint density at radius 2 is 1.94 bits per heavy atom. The van der Waals surface area contributed by atoms with Crippen LogP contribution in [0.4, 0.5) is 8.78 Å². The van der Waals surface area contributed by atoms with Gasteiger partial charge in [-0.1, -0.05) is 0 Å². The quantitative estimate of drug-likeness (QED) is 0.782. The summed E-state index contributed by atoms with van der Waals surface area (Å²) in [5.41, 5.74) is -0.0217. The molecule has 1 N–H and O–H groups in total. The highest BCUT2D eigenvalue weighted by molar-refractivity contribution is 5.94. The van der Waals surface area contributed by atoms with Crippen LogP contribution in [0.2, 0.25) is 0 Å². The smallest absolute Gasteiger partial charge is 0.254 e. The number of rotatable bonds is 1. The van der Waals surface area contributed by atoms with Crippen LogP contribution in [0, 0.1) is 11.6 Å². The first kappa shape index (κ1) is 11.0. The summed E-state index contributed by atoms with van der Waals surface area (Å²) in [6, 6.07) is 2.71. The van der Waals surface area contributed by atoms with Gasteiger partial charge >= 0.3 is 0 Å². The van der Waals surface area contributed by atoms with Gasteiger partial charge in [0, 0.05) is 24.7 Å². The maximum atomic E-state index is 12.9. The molecule has 1 aromatic rings. The fraction of sp³-hybridized carbons (Fsp3) is 0.364. The Labute approximate surface area is 91.3 Å². The monoisotopic (exact) mass is 227 g/mol. The summed E-state index contributed by atoms with van der Waals surface area (Å²) in [4.78, 5) is 13.2. The van der Waals surface area contributed by atoms with E-state index in [2.05, 4.69) is 0 Å². The highest BCUT2D eigenvalue weighted by Crippen LogP contribution is 2.15. The van der Waals surface area contributed by atoms with E-state index in [1.54, 1.807) is 0 Å². The van der Waals surface area contributed by atoms with Crippen LogP contribution in [0.3, 0.4) is 0 Å². The fourth-order valence-corrected chi connectivity index (χ4v) is 1.79. The van der Waals surface area contributed by atoms with Gasteiger partial charge in [0.1, 0.15) is 11.6 Å². The SMILES string of the molecule is O=C(c1cc(F)cc(F)c1)N1CC[C@@H](O)C1. The molecule has 1 aliphatic rings. The van der Waals surface area contributed by atoms with Crippen LogP contribution in [-0.2, 0) is 0 Å². The first-order valence-electron chi connectivity index (χ1n) is 4.99. The van der Waals surface area contributed by atoms with Crippen LogP contribution < -0.4 is 0 Å². The number of aliphatic hydroxyl groups is 1. The van der Waals surface area contributed by atoms with Gasteiger partial charge in [0.15, 0.2) is 0 Å². The van der Waals surface area contributed by atoms with Gasteiger partial charge in [0.05, 0.1) is 6.10 Å². The molecule has 1 aromatic carbocycles. The number of benzene rings is 1. The summed E-state index contributed by atoms with van der Waals surface area (Å²) < 4.78 is 25.8. The van der Waals surface area contributed by atoms with E-state index < -0.39 is 23.6 Å². The van der Waals surface area contributed by atoms with Gasteiger partial charge in [-0.05, 0) is 18.6 Å². The second-order valence-corrected chi connectivity index (χ2v) is 3.85. The molecule has 1 saturated heterocycles. The van der Waals surface area contributed by atoms with Crippen LogP contribution in [0.25, 0.3) is 0 Å². The number of amides is 1. The van der Waals surface area contributed by atoms with Gasteiger partial charge in [-0.3, -0.25) is 4.79 Å². The lowest BCUT2D eigenvalue weighted by Gasteiger charge is -2.15. The number of hydrogen-bond acceptors (Lipinski definition) is 2. The minimum atomic E-state index is -0.775. The second-order valence-electron chi connectivity index (χ2n) is 3.85. The molecule has 0 spiro atoms. The molecule has 0 unspecified atom stereocenters. The summed E-state index contributed by atoms with van der Waals surface area (Å²) >= 11 is 0. The van der Waals surface area contributed by atoms with E-state index in [4.69, 9.17) is 0 Å². The minimum Gasteiger partial charge on any atom is -0.391 e. The molecule has 0 saturated carbocycles. The Balaban J connectivity index is 2.20. The van der Waals surface area contributed by atoms with Crippen molar-refractivity contribution in [2.45, 2.75) is 12.5 Å². The zero-order valence-corrected chi connectivity index (χ0v) is 8.49. The molecule has 0 radical (unpaired) electrons. The van der Waals surface area contributed by atoms with Crippen molar-refractivity contribution in [1.29, 1.82) is 0 Å². The zero-order valence-electron chi connectivity index (χ0n) is 8.49. The number of carbonyl (C=O) groups is 1. The largest absolute Gasteiger partial charge is 0.391 e. The van der Waals surface area contributed by atoms with E-state index in [9.17, 15) is 18.7 Å². The molecule has 0 aromatic heterocycles. The van der Waals surface area contributed by atoms with Crippen LogP contribution >= 0.6 is 0 Å². The molecule has 86 valence electrons. The van der Waals surface area contributed by atoms with E-state index in [-0.39, 0.29) is 12.1 Å². The minimum absolute atomic E-state index is 0.0217. The molecule has 2 rings (SSSR count). The van der Waals surface area contributed by atoms with Crippen molar-refractivity contribution < 1.29 is 18.7 Å². The van der Waals surface area contributed by atoms with Gasteiger partial charge in [-0.25, -0.2) is 8.78 Å². The highest BCUT2D eigenvalue weighted by Gasteiger charge is 2.25. The molecule has 3 nitrogen and oxygen atoms in total. The standard InChI is InChI=1S/C11H11F2NO2/c12-8-3-7(4-9(13)5-8)11(16)14-2-1-10(15)6-14/h3-5,10,15H,1-2,6H2/t10-/m1/s1. The topological polar surface area (TPSA) is 40.5 Å². The summed E-state index contributed by atoms with van der Waals surface area (Å²) in [7, 11) is 0.